The Kier molecular flexibility index (Phi) is 5.69. The Morgan fingerprint density at radius 3 is 2.81 bits per heavy atom. The molecule has 0 bridgehead atoms. The standard InChI is InChI=1S/C22H23N5O3S/c1-12-5-7-17(14-6-8-18-16(10-14)25-13(2)31-18)27(11-12)22(30)21(29)26-20-15(19(23)28)4-3-9-24-20/h3-4,6,8-10,12,17H,5,7,11H2,1-2H3,(H2,23,28)(H,24,26,29)/t12-,17+/m0/s1. The summed E-state index contributed by atoms with van der Waals surface area (Å²) in [5.74, 6) is -1.98. The van der Waals surface area contributed by atoms with Crippen LogP contribution in [0.1, 0.15) is 46.7 Å². The number of hydrogen-bond donors (Lipinski definition) is 2. The Labute approximate surface area is 183 Å². The van der Waals surface area contributed by atoms with Gasteiger partial charge in [0.1, 0.15) is 5.82 Å². The van der Waals surface area contributed by atoms with Gasteiger partial charge in [-0.05, 0) is 55.5 Å². The lowest BCUT2D eigenvalue weighted by Gasteiger charge is -2.38. The third-order valence-electron chi connectivity index (χ3n) is 5.48. The number of carbonyl (C=O) groups excluding carboxylic acids is 3. The molecular formula is C22H23N5O3S. The predicted molar refractivity (Wildman–Crippen MR) is 119 cm³/mol. The summed E-state index contributed by atoms with van der Waals surface area (Å²) < 4.78 is 1.09. The van der Waals surface area contributed by atoms with Gasteiger partial charge in [0, 0.05) is 12.7 Å². The second-order valence-corrected chi connectivity index (χ2v) is 9.07. The number of rotatable bonds is 3. The number of nitrogens with one attached hydrogen (secondary N) is 1. The van der Waals surface area contributed by atoms with Gasteiger partial charge in [-0.2, -0.15) is 0 Å². The summed E-state index contributed by atoms with van der Waals surface area (Å²) in [6.45, 7) is 4.49. The number of fused-ring (bicyclic) bond motifs is 1. The Hall–Kier alpha value is -3.33. The van der Waals surface area contributed by atoms with E-state index < -0.39 is 17.7 Å². The van der Waals surface area contributed by atoms with Crippen LogP contribution in [0.2, 0.25) is 0 Å². The highest BCUT2D eigenvalue weighted by Gasteiger charge is 2.34. The van der Waals surface area contributed by atoms with Crippen molar-refractivity contribution in [2.45, 2.75) is 32.7 Å². The summed E-state index contributed by atoms with van der Waals surface area (Å²) in [4.78, 5) is 47.7. The number of hydrogen-bond acceptors (Lipinski definition) is 6. The number of benzene rings is 1. The van der Waals surface area contributed by atoms with E-state index in [1.165, 1.54) is 18.3 Å². The predicted octanol–water partition coefficient (Wildman–Crippen LogP) is 3.04. The lowest BCUT2D eigenvalue weighted by molar-refractivity contribution is -0.146. The Bertz CT molecular complexity index is 1170. The van der Waals surface area contributed by atoms with Crippen LogP contribution in [-0.4, -0.2) is 39.1 Å². The molecule has 0 aliphatic carbocycles. The van der Waals surface area contributed by atoms with Crippen molar-refractivity contribution in [2.75, 3.05) is 11.9 Å². The van der Waals surface area contributed by atoms with Crippen LogP contribution in [0.25, 0.3) is 10.2 Å². The van der Waals surface area contributed by atoms with Crippen molar-refractivity contribution >= 4 is 45.1 Å². The summed E-state index contributed by atoms with van der Waals surface area (Å²) in [5.41, 5.74) is 7.25. The van der Waals surface area contributed by atoms with Crippen molar-refractivity contribution in [3.8, 4) is 0 Å². The molecule has 0 spiro atoms. The van der Waals surface area contributed by atoms with Gasteiger partial charge in [0.2, 0.25) is 0 Å². The number of piperidine rings is 1. The van der Waals surface area contributed by atoms with E-state index in [2.05, 4.69) is 22.2 Å². The van der Waals surface area contributed by atoms with Crippen LogP contribution >= 0.6 is 11.3 Å². The highest BCUT2D eigenvalue weighted by atomic mass is 32.1. The van der Waals surface area contributed by atoms with Crippen LogP contribution in [0, 0.1) is 12.8 Å². The molecule has 8 nitrogen and oxygen atoms in total. The summed E-state index contributed by atoms with van der Waals surface area (Å²) in [6.07, 6.45) is 3.13. The summed E-state index contributed by atoms with van der Waals surface area (Å²) in [5, 5.41) is 3.44. The summed E-state index contributed by atoms with van der Waals surface area (Å²) in [6, 6.07) is 8.79. The third kappa shape index (κ3) is 4.27. The number of nitrogens with two attached hydrogens (primary N) is 1. The van der Waals surface area contributed by atoms with E-state index in [4.69, 9.17) is 5.73 Å². The fourth-order valence-corrected chi connectivity index (χ4v) is 4.79. The van der Waals surface area contributed by atoms with E-state index in [1.807, 2.05) is 25.1 Å². The fourth-order valence-electron chi connectivity index (χ4n) is 3.99. The average molecular weight is 438 g/mol. The number of pyridine rings is 1. The molecule has 1 saturated heterocycles. The minimum Gasteiger partial charge on any atom is -0.365 e. The van der Waals surface area contributed by atoms with E-state index in [-0.39, 0.29) is 23.3 Å². The van der Waals surface area contributed by atoms with Gasteiger partial charge in [-0.1, -0.05) is 13.0 Å². The molecular weight excluding hydrogens is 414 g/mol. The lowest BCUT2D eigenvalue weighted by atomic mass is 9.89. The van der Waals surface area contributed by atoms with Crippen LogP contribution < -0.4 is 11.1 Å². The quantitative estimate of drug-likeness (QED) is 0.611. The molecule has 3 amide bonds. The SMILES string of the molecule is Cc1nc2cc([C@H]3CC[C@H](C)CN3C(=O)C(=O)Nc3ncccc3C(N)=O)ccc2s1. The molecule has 2 aromatic heterocycles. The zero-order chi connectivity index (χ0) is 22.1. The second kappa shape index (κ2) is 8.43. The Morgan fingerprint density at radius 2 is 2.03 bits per heavy atom. The first kappa shape index (κ1) is 20.9. The van der Waals surface area contributed by atoms with Gasteiger partial charge < -0.3 is 16.0 Å². The van der Waals surface area contributed by atoms with Gasteiger partial charge >= 0.3 is 11.8 Å². The molecule has 1 aromatic carbocycles. The first-order valence-corrected chi connectivity index (χ1v) is 10.9. The number of thiazole rings is 1. The lowest BCUT2D eigenvalue weighted by Crippen LogP contribution is -2.46. The number of nitrogens with zero attached hydrogens (tertiary/aromatic N) is 3. The van der Waals surface area contributed by atoms with E-state index in [9.17, 15) is 14.4 Å². The molecule has 9 heteroatoms. The van der Waals surface area contributed by atoms with Crippen molar-refractivity contribution < 1.29 is 14.4 Å². The van der Waals surface area contributed by atoms with Gasteiger partial charge in [-0.25, -0.2) is 9.97 Å². The topological polar surface area (TPSA) is 118 Å². The van der Waals surface area contributed by atoms with Crippen molar-refractivity contribution in [3.63, 3.8) is 0 Å². The molecule has 1 fully saturated rings. The number of anilines is 1. The molecule has 0 saturated carbocycles. The van der Waals surface area contributed by atoms with E-state index >= 15 is 0 Å². The first-order valence-electron chi connectivity index (χ1n) is 10.1. The number of aryl methyl sites for hydroxylation is 1. The summed E-state index contributed by atoms with van der Waals surface area (Å²) >= 11 is 1.62. The molecule has 0 radical (unpaired) electrons. The number of amides is 3. The maximum atomic E-state index is 13.1. The zero-order valence-electron chi connectivity index (χ0n) is 17.3. The number of carbonyl (C=O) groups is 3. The molecule has 3 N–H and O–H groups in total. The fraction of sp³-hybridized carbons (Fsp3) is 0.318. The van der Waals surface area contributed by atoms with Crippen LogP contribution in [0.4, 0.5) is 5.82 Å². The van der Waals surface area contributed by atoms with Crippen molar-refractivity contribution in [1.29, 1.82) is 0 Å². The van der Waals surface area contributed by atoms with Gasteiger partial charge in [-0.3, -0.25) is 14.4 Å². The monoisotopic (exact) mass is 437 g/mol. The Balaban J connectivity index is 1.60. The van der Waals surface area contributed by atoms with Gasteiger partial charge in [0.05, 0.1) is 26.8 Å². The molecule has 2 atom stereocenters. The Morgan fingerprint density at radius 1 is 1.23 bits per heavy atom. The van der Waals surface area contributed by atoms with Gasteiger partial charge in [-0.15, -0.1) is 11.3 Å². The van der Waals surface area contributed by atoms with Crippen LogP contribution in [0.15, 0.2) is 36.5 Å². The van der Waals surface area contributed by atoms with Crippen LogP contribution in [0.3, 0.4) is 0 Å². The van der Waals surface area contributed by atoms with Crippen molar-refractivity contribution in [1.82, 2.24) is 14.9 Å². The van der Waals surface area contributed by atoms with Crippen molar-refractivity contribution in [3.05, 3.63) is 52.7 Å². The van der Waals surface area contributed by atoms with Crippen LogP contribution in [0.5, 0.6) is 0 Å². The highest BCUT2D eigenvalue weighted by molar-refractivity contribution is 7.18. The second-order valence-electron chi connectivity index (χ2n) is 7.83. The normalized spacial score (nSPS) is 18.7. The molecule has 0 unspecified atom stereocenters. The van der Waals surface area contributed by atoms with Gasteiger partial charge in [0.25, 0.3) is 5.91 Å². The summed E-state index contributed by atoms with van der Waals surface area (Å²) in [7, 11) is 0. The molecule has 1 aliphatic rings. The van der Waals surface area contributed by atoms with Crippen LogP contribution in [-0.2, 0) is 9.59 Å². The maximum absolute atomic E-state index is 13.1. The number of primary amides is 1. The molecule has 160 valence electrons. The molecule has 3 aromatic rings. The average Bonchev–Trinajstić information content (AvgIpc) is 3.12. The largest absolute Gasteiger partial charge is 0.365 e. The van der Waals surface area contributed by atoms with E-state index in [1.54, 1.807) is 16.2 Å². The minimum atomic E-state index is -0.842. The highest BCUT2D eigenvalue weighted by Crippen LogP contribution is 2.35. The first-order chi connectivity index (χ1) is 14.8. The van der Waals surface area contributed by atoms with Crippen molar-refractivity contribution in [2.24, 2.45) is 11.7 Å². The van der Waals surface area contributed by atoms with E-state index in [0.29, 0.717) is 6.54 Å². The molecule has 1 aliphatic heterocycles. The van der Waals surface area contributed by atoms with Gasteiger partial charge in [0.15, 0.2) is 0 Å². The maximum Gasteiger partial charge on any atom is 0.315 e. The van der Waals surface area contributed by atoms with E-state index in [0.717, 1.165) is 33.6 Å². The molecule has 4 rings (SSSR count). The third-order valence-corrected chi connectivity index (χ3v) is 6.43. The zero-order valence-corrected chi connectivity index (χ0v) is 18.1. The molecule has 3 heterocycles. The molecule has 31 heavy (non-hydrogen) atoms. The number of likely N-dealkylation sites (tertiary alicyclic amines) is 1. The minimum absolute atomic E-state index is 0.0191. The number of aromatic nitrogens is 2. The smallest absolute Gasteiger partial charge is 0.315 e.